The van der Waals surface area contributed by atoms with E-state index in [0.29, 0.717) is 11.8 Å². The van der Waals surface area contributed by atoms with Crippen molar-refractivity contribution in [2.75, 3.05) is 0 Å². The van der Waals surface area contributed by atoms with Gasteiger partial charge in [0.25, 0.3) is 0 Å². The van der Waals surface area contributed by atoms with E-state index in [9.17, 15) is 0 Å². The fourth-order valence-corrected chi connectivity index (χ4v) is 1.99. The van der Waals surface area contributed by atoms with Gasteiger partial charge in [-0.1, -0.05) is 27.7 Å². The molecule has 2 heteroatoms. The lowest BCUT2D eigenvalue weighted by atomic mass is 9.98. The molecule has 15 heavy (non-hydrogen) atoms. The molecule has 0 fully saturated rings. The first kappa shape index (κ1) is 10.2. The predicted octanol–water partition coefficient (Wildman–Crippen LogP) is 3.81. The highest BCUT2D eigenvalue weighted by atomic mass is 14.8. The Kier molecular flexibility index (Phi) is 2.51. The summed E-state index contributed by atoms with van der Waals surface area (Å²) in [5, 5.41) is 1.32. The second-order valence-electron chi connectivity index (χ2n) is 4.67. The standard InChI is InChI=1S/C13H18N2/c1-8(2)11-7-15-12(9(3)4)13-10(11)5-6-14-13/h5-9,14H,1-4H3. The van der Waals surface area contributed by atoms with Gasteiger partial charge in [-0.3, -0.25) is 4.98 Å². The molecule has 0 aliphatic rings. The van der Waals surface area contributed by atoms with Crippen LogP contribution in [0.15, 0.2) is 18.5 Å². The SMILES string of the molecule is CC(C)c1cnc(C(C)C)c2[nH]ccc12. The maximum absolute atomic E-state index is 4.57. The molecule has 80 valence electrons. The molecule has 0 amide bonds. The van der Waals surface area contributed by atoms with Crippen LogP contribution in [0.1, 0.15) is 50.8 Å². The number of pyridine rings is 1. The minimum atomic E-state index is 0.465. The van der Waals surface area contributed by atoms with Crippen molar-refractivity contribution in [3.63, 3.8) is 0 Å². The van der Waals surface area contributed by atoms with Gasteiger partial charge >= 0.3 is 0 Å². The summed E-state index contributed by atoms with van der Waals surface area (Å²) in [5.74, 6) is 0.990. The highest BCUT2D eigenvalue weighted by molar-refractivity contribution is 5.85. The van der Waals surface area contributed by atoms with Gasteiger partial charge in [0.05, 0.1) is 11.2 Å². The van der Waals surface area contributed by atoms with E-state index in [1.807, 2.05) is 12.4 Å². The number of hydrogen-bond donors (Lipinski definition) is 1. The number of nitrogens with one attached hydrogen (secondary N) is 1. The van der Waals surface area contributed by atoms with Crippen molar-refractivity contribution in [1.82, 2.24) is 9.97 Å². The number of fused-ring (bicyclic) bond motifs is 1. The van der Waals surface area contributed by atoms with Crippen molar-refractivity contribution in [1.29, 1.82) is 0 Å². The predicted molar refractivity (Wildman–Crippen MR) is 64.3 cm³/mol. The summed E-state index contributed by atoms with van der Waals surface area (Å²) in [5.41, 5.74) is 3.70. The van der Waals surface area contributed by atoms with Gasteiger partial charge in [0.2, 0.25) is 0 Å². The first-order valence-electron chi connectivity index (χ1n) is 5.57. The average molecular weight is 202 g/mol. The number of rotatable bonds is 2. The van der Waals surface area contributed by atoms with Crippen molar-refractivity contribution in [2.24, 2.45) is 0 Å². The molecule has 2 aromatic heterocycles. The Morgan fingerprint density at radius 3 is 2.47 bits per heavy atom. The molecular formula is C13H18N2. The van der Waals surface area contributed by atoms with Crippen molar-refractivity contribution in [3.8, 4) is 0 Å². The van der Waals surface area contributed by atoms with Crippen molar-refractivity contribution < 1.29 is 0 Å². The topological polar surface area (TPSA) is 28.7 Å². The number of hydrogen-bond acceptors (Lipinski definition) is 1. The maximum Gasteiger partial charge on any atom is 0.0678 e. The van der Waals surface area contributed by atoms with E-state index in [1.165, 1.54) is 22.2 Å². The third-order valence-corrected chi connectivity index (χ3v) is 2.83. The van der Waals surface area contributed by atoms with Crippen LogP contribution >= 0.6 is 0 Å². The second kappa shape index (κ2) is 3.69. The summed E-state index contributed by atoms with van der Waals surface area (Å²) in [4.78, 5) is 7.87. The monoisotopic (exact) mass is 202 g/mol. The van der Waals surface area contributed by atoms with Crippen LogP contribution < -0.4 is 0 Å². The van der Waals surface area contributed by atoms with Gasteiger partial charge in [0.15, 0.2) is 0 Å². The summed E-state index contributed by atoms with van der Waals surface area (Å²) >= 11 is 0. The molecule has 0 aliphatic carbocycles. The van der Waals surface area contributed by atoms with Gasteiger partial charge in [-0.05, 0) is 23.5 Å². The van der Waals surface area contributed by atoms with E-state index in [4.69, 9.17) is 0 Å². The van der Waals surface area contributed by atoms with Crippen molar-refractivity contribution >= 4 is 10.9 Å². The number of aromatic amines is 1. The van der Waals surface area contributed by atoms with Crippen LogP contribution in [0.2, 0.25) is 0 Å². The lowest BCUT2D eigenvalue weighted by molar-refractivity contribution is 0.816. The number of nitrogens with zero attached hydrogens (tertiary/aromatic N) is 1. The molecule has 1 N–H and O–H groups in total. The first-order valence-corrected chi connectivity index (χ1v) is 5.57. The first-order chi connectivity index (χ1) is 7.11. The maximum atomic E-state index is 4.57. The van der Waals surface area contributed by atoms with Gasteiger partial charge < -0.3 is 4.98 Å². The van der Waals surface area contributed by atoms with Gasteiger partial charge in [-0.25, -0.2) is 0 Å². The van der Waals surface area contributed by atoms with Crippen molar-refractivity contribution in [2.45, 2.75) is 39.5 Å². The fourth-order valence-electron chi connectivity index (χ4n) is 1.99. The molecule has 0 atom stereocenters. The molecule has 0 saturated carbocycles. The molecule has 2 rings (SSSR count). The Balaban J connectivity index is 2.71. The van der Waals surface area contributed by atoms with Crippen LogP contribution in [0.3, 0.4) is 0 Å². The average Bonchev–Trinajstić information content (AvgIpc) is 2.63. The van der Waals surface area contributed by atoms with Crippen LogP contribution in [0, 0.1) is 0 Å². The molecule has 2 heterocycles. The third-order valence-electron chi connectivity index (χ3n) is 2.83. The molecule has 0 aliphatic heterocycles. The lowest BCUT2D eigenvalue weighted by Crippen LogP contribution is -1.98. The van der Waals surface area contributed by atoms with E-state index in [-0.39, 0.29) is 0 Å². The summed E-state index contributed by atoms with van der Waals surface area (Å²) in [6.45, 7) is 8.77. The van der Waals surface area contributed by atoms with Crippen LogP contribution in [0.5, 0.6) is 0 Å². The van der Waals surface area contributed by atoms with Gasteiger partial charge in [0.1, 0.15) is 0 Å². The normalized spacial score (nSPS) is 11.9. The molecular weight excluding hydrogens is 184 g/mol. The summed E-state index contributed by atoms with van der Waals surface area (Å²) in [6, 6.07) is 2.15. The minimum absolute atomic E-state index is 0.465. The Labute approximate surface area is 90.7 Å². The zero-order chi connectivity index (χ0) is 11.0. The van der Waals surface area contributed by atoms with Crippen LogP contribution in [-0.2, 0) is 0 Å². The van der Waals surface area contributed by atoms with Gasteiger partial charge in [-0.2, -0.15) is 0 Å². The quantitative estimate of drug-likeness (QED) is 0.788. The van der Waals surface area contributed by atoms with Crippen LogP contribution in [0.25, 0.3) is 10.9 Å². The zero-order valence-corrected chi connectivity index (χ0v) is 9.83. The fraction of sp³-hybridized carbons (Fsp3) is 0.462. The Hall–Kier alpha value is -1.31. The third kappa shape index (κ3) is 1.65. The Morgan fingerprint density at radius 1 is 1.13 bits per heavy atom. The van der Waals surface area contributed by atoms with Gasteiger partial charge in [0, 0.05) is 17.8 Å². The molecule has 0 unspecified atom stereocenters. The lowest BCUT2D eigenvalue weighted by Gasteiger charge is -2.11. The zero-order valence-electron chi connectivity index (χ0n) is 9.83. The highest BCUT2D eigenvalue weighted by Crippen LogP contribution is 2.28. The van der Waals surface area contributed by atoms with E-state index in [1.54, 1.807) is 0 Å². The van der Waals surface area contributed by atoms with E-state index < -0.39 is 0 Å². The summed E-state index contributed by atoms with van der Waals surface area (Å²) in [6.07, 6.45) is 4.03. The van der Waals surface area contributed by atoms with Gasteiger partial charge in [-0.15, -0.1) is 0 Å². The Morgan fingerprint density at radius 2 is 1.87 bits per heavy atom. The van der Waals surface area contributed by atoms with E-state index in [0.717, 1.165) is 0 Å². The molecule has 0 radical (unpaired) electrons. The largest absolute Gasteiger partial charge is 0.360 e. The second-order valence-corrected chi connectivity index (χ2v) is 4.67. The smallest absolute Gasteiger partial charge is 0.0678 e. The minimum Gasteiger partial charge on any atom is -0.360 e. The molecule has 2 aromatic rings. The molecule has 0 bridgehead atoms. The molecule has 0 aromatic carbocycles. The summed E-state index contributed by atoms with van der Waals surface area (Å²) in [7, 11) is 0. The molecule has 0 spiro atoms. The number of H-pyrrole nitrogens is 1. The molecule has 2 nitrogen and oxygen atoms in total. The van der Waals surface area contributed by atoms with Crippen molar-refractivity contribution in [3.05, 3.63) is 29.7 Å². The highest BCUT2D eigenvalue weighted by Gasteiger charge is 2.12. The Bertz CT molecular complexity index is 424. The summed E-state index contributed by atoms with van der Waals surface area (Å²) < 4.78 is 0. The molecule has 0 saturated heterocycles. The van der Waals surface area contributed by atoms with E-state index in [2.05, 4.69) is 43.7 Å². The van der Waals surface area contributed by atoms with Crippen LogP contribution in [-0.4, -0.2) is 9.97 Å². The van der Waals surface area contributed by atoms with E-state index >= 15 is 0 Å². The van der Waals surface area contributed by atoms with Crippen LogP contribution in [0.4, 0.5) is 0 Å². The number of aromatic nitrogens is 2.